The van der Waals surface area contributed by atoms with Gasteiger partial charge in [-0.3, -0.25) is 4.79 Å². The zero-order chi connectivity index (χ0) is 25.4. The smallest absolute Gasteiger partial charge is 0.366 e. The number of nitrogens with two attached hydrogens (primary N) is 1. The Hall–Kier alpha value is -1.82. The molecule has 0 radical (unpaired) electrons. The number of hydrogen-bond donors (Lipinski definition) is 1. The second kappa shape index (κ2) is 12.8. The number of H-pyrrole nitrogens is 1. The number of aryl methyl sites for hydroxylation is 2. The second-order valence-electron chi connectivity index (χ2n) is 12.3. The van der Waals surface area contributed by atoms with Gasteiger partial charge in [0.05, 0.1) is 31.7 Å². The van der Waals surface area contributed by atoms with Gasteiger partial charge >= 0.3 is 5.88 Å². The zero-order valence-corrected chi connectivity index (χ0v) is 25.1. The third kappa shape index (κ3) is 5.56. The van der Waals surface area contributed by atoms with Crippen LogP contribution in [0, 0.1) is 18.8 Å². The molecule has 3 fully saturated rings. The molecule has 6 rings (SSSR count). The third-order valence-corrected chi connectivity index (χ3v) is 10.4. The molecule has 1 aromatic carbocycles. The molecule has 1 amide bonds. The molecule has 3 N–H and O–H groups in total. The van der Waals surface area contributed by atoms with Gasteiger partial charge in [0.15, 0.2) is 5.69 Å². The van der Waals surface area contributed by atoms with E-state index in [2.05, 4.69) is 58.5 Å². The predicted molar refractivity (Wildman–Crippen MR) is 145 cm³/mol. The number of aromatic nitrogens is 1. The van der Waals surface area contributed by atoms with Crippen LogP contribution in [-0.2, 0) is 16.6 Å². The zero-order valence-electron chi connectivity index (χ0n) is 23.6. The van der Waals surface area contributed by atoms with Crippen LogP contribution in [0.5, 0.6) is 5.88 Å². The van der Waals surface area contributed by atoms with Crippen LogP contribution < -0.4 is 39.9 Å². The molecule has 2 saturated heterocycles. The number of carbonyl (C=O) groups is 1. The lowest BCUT2D eigenvalue weighted by molar-refractivity contribution is -0.640. The maximum atomic E-state index is 14.6. The highest BCUT2D eigenvalue weighted by molar-refractivity contribution is 5.82. The molecule has 2 aromatic rings. The molecule has 3 heterocycles. The first-order valence-electron chi connectivity index (χ1n) is 14.9. The van der Waals surface area contributed by atoms with Crippen LogP contribution in [0.3, 0.4) is 0 Å². The van der Waals surface area contributed by atoms with Gasteiger partial charge in [-0.1, -0.05) is 43.5 Å². The fourth-order valence-electron chi connectivity index (χ4n) is 8.57. The number of piperidine rings is 1. The normalized spacial score (nSPS) is 28.8. The summed E-state index contributed by atoms with van der Waals surface area (Å²) >= 11 is 0. The predicted octanol–water partition coefficient (Wildman–Crippen LogP) is -2.05. The van der Waals surface area contributed by atoms with E-state index >= 15 is 0 Å². The Balaban J connectivity index is 0.00000176. The minimum Gasteiger partial charge on any atom is -1.00 e. The average Bonchev–Trinajstić information content (AvgIpc) is 3.36. The van der Waals surface area contributed by atoms with Crippen molar-refractivity contribution in [3.8, 4) is 5.88 Å². The van der Waals surface area contributed by atoms with Crippen molar-refractivity contribution in [1.82, 2.24) is 4.90 Å². The van der Waals surface area contributed by atoms with E-state index in [9.17, 15) is 4.79 Å². The Bertz CT molecular complexity index is 1140. The Morgan fingerprint density at radius 1 is 1.05 bits per heavy atom. The quantitative estimate of drug-likeness (QED) is 0.457. The molecule has 7 heteroatoms. The topological polar surface area (TPSA) is 60.3 Å². The van der Waals surface area contributed by atoms with Crippen molar-refractivity contribution in [2.24, 2.45) is 11.8 Å². The molecule has 1 spiro atoms. The highest BCUT2D eigenvalue weighted by Gasteiger charge is 2.56. The lowest BCUT2D eigenvalue weighted by Crippen LogP contribution is -3.00. The van der Waals surface area contributed by atoms with Crippen molar-refractivity contribution >= 4 is 5.91 Å². The molecule has 2 aliphatic heterocycles. The molecule has 214 valence electrons. The summed E-state index contributed by atoms with van der Waals surface area (Å²) in [6, 6.07) is 13.6. The Labute approximate surface area is 246 Å². The Kier molecular flexibility index (Phi) is 9.88. The first-order chi connectivity index (χ1) is 18.1. The lowest BCUT2D eigenvalue weighted by atomic mass is 9.64. The molecule has 4 atom stereocenters. The molecule has 5 nitrogen and oxygen atoms in total. The van der Waals surface area contributed by atoms with E-state index in [1.165, 1.54) is 54.5 Å². The third-order valence-electron chi connectivity index (χ3n) is 10.4. The Morgan fingerprint density at radius 3 is 2.62 bits per heavy atom. The van der Waals surface area contributed by atoms with Crippen molar-refractivity contribution in [2.45, 2.75) is 88.5 Å². The van der Waals surface area contributed by atoms with Crippen LogP contribution >= 0.6 is 0 Å². The van der Waals surface area contributed by atoms with Gasteiger partial charge in [0.1, 0.15) is 5.92 Å². The summed E-state index contributed by atoms with van der Waals surface area (Å²) in [6.07, 6.45) is 12.1. The van der Waals surface area contributed by atoms with Crippen LogP contribution in [0.2, 0.25) is 0 Å². The van der Waals surface area contributed by atoms with Crippen molar-refractivity contribution in [2.75, 3.05) is 26.7 Å². The summed E-state index contributed by atoms with van der Waals surface area (Å²) in [5.74, 6) is 2.54. The number of aromatic amines is 1. The van der Waals surface area contributed by atoms with Crippen molar-refractivity contribution in [3.05, 3.63) is 58.8 Å². The molecule has 0 unspecified atom stereocenters. The molecule has 1 aromatic heterocycles. The van der Waals surface area contributed by atoms with E-state index in [1.807, 2.05) is 0 Å². The van der Waals surface area contributed by atoms with Gasteiger partial charge in [-0.2, -0.15) is 4.98 Å². The van der Waals surface area contributed by atoms with E-state index in [4.69, 9.17) is 4.74 Å². The molecule has 0 bridgehead atoms. The van der Waals surface area contributed by atoms with Crippen LogP contribution in [0.15, 0.2) is 36.4 Å². The number of ether oxygens (including phenoxy) is 1. The summed E-state index contributed by atoms with van der Waals surface area (Å²) < 4.78 is 5.50. The van der Waals surface area contributed by atoms with Crippen LogP contribution in [0.4, 0.5) is 0 Å². The van der Waals surface area contributed by atoms with Crippen molar-refractivity contribution in [1.29, 1.82) is 0 Å². The fourth-order valence-corrected chi connectivity index (χ4v) is 8.57. The highest BCUT2D eigenvalue weighted by atomic mass is 35.5. The van der Waals surface area contributed by atoms with Gasteiger partial charge in [-0.25, -0.2) is 0 Å². The number of likely N-dealkylation sites (tertiary alicyclic amines) is 1. The number of quaternary nitrogens is 1. The molecule has 1 saturated carbocycles. The van der Waals surface area contributed by atoms with Gasteiger partial charge < -0.3 is 39.8 Å². The maximum absolute atomic E-state index is 14.6. The second-order valence-corrected chi connectivity index (χ2v) is 12.3. The van der Waals surface area contributed by atoms with E-state index < -0.39 is 0 Å². The summed E-state index contributed by atoms with van der Waals surface area (Å²) in [5, 5.41) is 2.41. The standard InChI is InChI=1S/C32H43N3O2.2ClH/c1-22-9-6-7-12-25(22)24-16-18-35(29(19-24)23-10-4-3-5-11-23)31(36)27-20-33-21-32(27)17-8-13-28-26(32)14-15-30(34-28)37-2;;/h6-7,9,12,14-15,23-24,27,29,33H,3-5,8,10-11,13,16-21H2,1-2H3;2*1H/t24-,27+,29+,32+;;/m1../s1. The first-order valence-corrected chi connectivity index (χ1v) is 14.9. The number of nitrogens with zero attached hydrogens (tertiary/aromatic N) is 1. The number of methoxy groups -OCH3 is 1. The van der Waals surface area contributed by atoms with Gasteiger partial charge in [0, 0.05) is 24.6 Å². The first kappa shape index (κ1) is 30.1. The number of amides is 1. The SMILES string of the molecule is COc1ccc2c([nH+]1)CCC[C@]21C[NH2+]C[C@H]1C(=O)N1CC[C@@H](c2ccccc2C)C[C@H]1C1CCCCC1.[Cl-].[Cl-]. The largest absolute Gasteiger partial charge is 1.00 e. The monoisotopic (exact) mass is 573 g/mol. The van der Waals surface area contributed by atoms with E-state index in [0.29, 0.717) is 23.8 Å². The van der Waals surface area contributed by atoms with E-state index in [-0.39, 0.29) is 36.1 Å². The fraction of sp³-hybridized carbons (Fsp3) is 0.625. The number of hydrogen-bond acceptors (Lipinski definition) is 2. The van der Waals surface area contributed by atoms with Gasteiger partial charge in [0.25, 0.3) is 0 Å². The summed E-state index contributed by atoms with van der Waals surface area (Å²) in [4.78, 5) is 20.6. The van der Waals surface area contributed by atoms with Gasteiger partial charge in [0.2, 0.25) is 5.91 Å². The highest BCUT2D eigenvalue weighted by Crippen LogP contribution is 2.46. The number of fused-ring (bicyclic) bond motifs is 2. The van der Waals surface area contributed by atoms with Crippen LogP contribution in [0.25, 0.3) is 0 Å². The number of rotatable bonds is 4. The lowest BCUT2D eigenvalue weighted by Gasteiger charge is -2.47. The molecular formula is C32H45Cl2N3O2. The van der Waals surface area contributed by atoms with Gasteiger partial charge in [-0.05, 0) is 74.5 Å². The summed E-state index contributed by atoms with van der Waals surface area (Å²) in [6.45, 7) is 5.10. The molecule has 4 aliphatic rings. The summed E-state index contributed by atoms with van der Waals surface area (Å²) in [7, 11) is 1.72. The maximum Gasteiger partial charge on any atom is 0.366 e. The Morgan fingerprint density at radius 2 is 1.85 bits per heavy atom. The number of carbonyl (C=O) groups excluding carboxylic acids is 1. The van der Waals surface area contributed by atoms with Gasteiger partial charge in [-0.15, -0.1) is 0 Å². The number of pyridine rings is 1. The number of nitrogens with one attached hydrogen (secondary N) is 1. The van der Waals surface area contributed by atoms with Crippen LogP contribution in [-0.4, -0.2) is 43.6 Å². The summed E-state index contributed by atoms with van der Waals surface area (Å²) in [5.41, 5.74) is 5.50. The molecule has 39 heavy (non-hydrogen) atoms. The minimum absolute atomic E-state index is 0. The molecular weight excluding hydrogens is 529 g/mol. The number of benzene rings is 1. The number of halogens is 2. The average molecular weight is 575 g/mol. The van der Waals surface area contributed by atoms with E-state index in [0.717, 1.165) is 57.6 Å². The van der Waals surface area contributed by atoms with Crippen molar-refractivity contribution in [3.63, 3.8) is 0 Å². The van der Waals surface area contributed by atoms with Crippen LogP contribution in [0.1, 0.15) is 86.1 Å². The minimum atomic E-state index is -0.0581. The van der Waals surface area contributed by atoms with E-state index in [1.54, 1.807) is 7.11 Å². The van der Waals surface area contributed by atoms with Crippen molar-refractivity contribution < 1.29 is 44.6 Å². The molecule has 2 aliphatic carbocycles.